The highest BCUT2D eigenvalue weighted by molar-refractivity contribution is 5.71. The van der Waals surface area contributed by atoms with Gasteiger partial charge in [0, 0.05) is 26.3 Å². The van der Waals surface area contributed by atoms with Gasteiger partial charge in [-0.2, -0.15) is 10.5 Å². The Morgan fingerprint density at radius 2 is 2.12 bits per heavy atom. The Hall–Kier alpha value is -2.27. The van der Waals surface area contributed by atoms with Crippen molar-refractivity contribution in [2.45, 2.75) is 19.4 Å². The average molecular weight is 227 g/mol. The molecular formula is C12H13N5. The first-order valence-electron chi connectivity index (χ1n) is 5.45. The van der Waals surface area contributed by atoms with Crippen LogP contribution in [-0.2, 0) is 13.0 Å². The number of aliphatic imine (C=N–C) groups is 1. The molecule has 0 saturated heterocycles. The van der Waals surface area contributed by atoms with Gasteiger partial charge in [-0.05, 0) is 12.8 Å². The van der Waals surface area contributed by atoms with Crippen LogP contribution >= 0.6 is 0 Å². The Morgan fingerprint density at radius 1 is 1.35 bits per heavy atom. The molecule has 1 aromatic heterocycles. The largest absolute Gasteiger partial charge is 0.369 e. The highest BCUT2D eigenvalue weighted by Crippen LogP contribution is 2.34. The number of nitriles is 2. The molecule has 17 heavy (non-hydrogen) atoms. The van der Waals surface area contributed by atoms with Crippen LogP contribution in [0, 0.1) is 22.7 Å². The fraction of sp³-hybridized carbons (Fsp3) is 0.417. The lowest BCUT2D eigenvalue weighted by Gasteiger charge is -2.02. The van der Waals surface area contributed by atoms with E-state index in [1.807, 2.05) is 18.7 Å². The summed E-state index contributed by atoms with van der Waals surface area (Å²) >= 11 is 0. The van der Waals surface area contributed by atoms with Crippen LogP contribution in [0.1, 0.15) is 23.4 Å². The van der Waals surface area contributed by atoms with E-state index in [-0.39, 0.29) is 0 Å². The summed E-state index contributed by atoms with van der Waals surface area (Å²) in [5.41, 5.74) is 2.53. The van der Waals surface area contributed by atoms with E-state index in [0.29, 0.717) is 16.9 Å². The average Bonchev–Trinajstić information content (AvgIpc) is 2.84. The summed E-state index contributed by atoms with van der Waals surface area (Å²) in [6.45, 7) is 0.810. The fourth-order valence-corrected chi connectivity index (χ4v) is 2.09. The van der Waals surface area contributed by atoms with E-state index in [4.69, 9.17) is 0 Å². The molecule has 0 N–H and O–H groups in total. The molecule has 5 nitrogen and oxygen atoms in total. The van der Waals surface area contributed by atoms with Crippen molar-refractivity contribution in [3.8, 4) is 12.1 Å². The van der Waals surface area contributed by atoms with E-state index >= 15 is 0 Å². The standard InChI is InChI=1S/C12H13N5/c1-16(2)8-15-12-9(6-13)10-4-3-5-17(10)11(12)7-14/h8H,3-5H2,1-2H3. The molecule has 2 rings (SSSR count). The summed E-state index contributed by atoms with van der Waals surface area (Å²) in [6, 6.07) is 4.32. The second-order valence-electron chi connectivity index (χ2n) is 4.21. The van der Waals surface area contributed by atoms with Crippen molar-refractivity contribution in [2.24, 2.45) is 4.99 Å². The predicted molar refractivity (Wildman–Crippen MR) is 64.0 cm³/mol. The third kappa shape index (κ3) is 1.76. The molecule has 1 aliphatic heterocycles. The van der Waals surface area contributed by atoms with Crippen molar-refractivity contribution in [1.82, 2.24) is 9.47 Å². The van der Waals surface area contributed by atoms with Gasteiger partial charge in [0.05, 0.1) is 6.34 Å². The summed E-state index contributed by atoms with van der Waals surface area (Å²) in [4.78, 5) is 6.03. The maximum atomic E-state index is 9.20. The zero-order chi connectivity index (χ0) is 12.4. The summed E-state index contributed by atoms with van der Waals surface area (Å²) in [5.74, 6) is 0. The summed E-state index contributed by atoms with van der Waals surface area (Å²) in [5, 5.41) is 18.4. The first kappa shape index (κ1) is 11.2. The smallest absolute Gasteiger partial charge is 0.147 e. The van der Waals surface area contributed by atoms with Crippen LogP contribution in [0.5, 0.6) is 0 Å². The molecule has 0 aromatic carbocycles. The molecule has 1 aromatic rings. The third-order valence-electron chi connectivity index (χ3n) is 2.78. The second kappa shape index (κ2) is 4.31. The number of nitrogens with zero attached hydrogens (tertiary/aromatic N) is 5. The van der Waals surface area contributed by atoms with Gasteiger partial charge in [0.2, 0.25) is 0 Å². The molecule has 0 atom stereocenters. The molecule has 0 aliphatic carbocycles. The van der Waals surface area contributed by atoms with E-state index in [2.05, 4.69) is 17.1 Å². The lowest BCUT2D eigenvalue weighted by Crippen LogP contribution is -2.07. The zero-order valence-electron chi connectivity index (χ0n) is 9.93. The first-order valence-corrected chi connectivity index (χ1v) is 5.45. The molecule has 0 fully saturated rings. The van der Waals surface area contributed by atoms with E-state index in [0.717, 1.165) is 25.1 Å². The Morgan fingerprint density at radius 3 is 2.71 bits per heavy atom. The number of rotatable bonds is 2. The van der Waals surface area contributed by atoms with Gasteiger partial charge in [0.25, 0.3) is 0 Å². The Kier molecular flexibility index (Phi) is 2.84. The summed E-state index contributed by atoms with van der Waals surface area (Å²) in [6.07, 6.45) is 3.47. The first-order chi connectivity index (χ1) is 8.19. The number of hydrogen-bond acceptors (Lipinski definition) is 3. The third-order valence-corrected chi connectivity index (χ3v) is 2.78. The number of fused-ring (bicyclic) bond motifs is 1. The van der Waals surface area contributed by atoms with E-state index in [9.17, 15) is 10.5 Å². The molecule has 0 spiro atoms. The maximum Gasteiger partial charge on any atom is 0.147 e. The molecule has 2 heterocycles. The molecule has 1 aliphatic rings. The topological polar surface area (TPSA) is 68.1 Å². The normalized spacial score (nSPS) is 13.4. The Labute approximate surface area is 100 Å². The van der Waals surface area contributed by atoms with Gasteiger partial charge in [0.15, 0.2) is 0 Å². The number of hydrogen-bond donors (Lipinski definition) is 0. The van der Waals surface area contributed by atoms with Crippen LogP contribution in [0.25, 0.3) is 0 Å². The minimum atomic E-state index is 0.507. The SMILES string of the molecule is CN(C)C=Nc1c(C#N)c2n(c1C#N)CCC2. The Balaban J connectivity index is 2.59. The van der Waals surface area contributed by atoms with Crippen molar-refractivity contribution >= 4 is 12.0 Å². The van der Waals surface area contributed by atoms with Gasteiger partial charge >= 0.3 is 0 Å². The highest BCUT2D eigenvalue weighted by Gasteiger charge is 2.25. The highest BCUT2D eigenvalue weighted by atomic mass is 15.1. The van der Waals surface area contributed by atoms with Crippen molar-refractivity contribution in [1.29, 1.82) is 10.5 Å². The molecule has 0 saturated carbocycles. The van der Waals surface area contributed by atoms with E-state index in [1.54, 1.807) is 11.2 Å². The number of aromatic nitrogens is 1. The van der Waals surface area contributed by atoms with Crippen molar-refractivity contribution in [2.75, 3.05) is 14.1 Å². The lowest BCUT2D eigenvalue weighted by atomic mass is 10.1. The molecular weight excluding hydrogens is 214 g/mol. The quantitative estimate of drug-likeness (QED) is 0.566. The lowest BCUT2D eigenvalue weighted by molar-refractivity contribution is 0.643. The van der Waals surface area contributed by atoms with Gasteiger partial charge in [-0.25, -0.2) is 4.99 Å². The maximum absolute atomic E-state index is 9.20. The van der Waals surface area contributed by atoms with Gasteiger partial charge in [-0.15, -0.1) is 0 Å². The molecule has 0 radical (unpaired) electrons. The molecule has 0 amide bonds. The van der Waals surface area contributed by atoms with Gasteiger partial charge in [-0.1, -0.05) is 0 Å². The fourth-order valence-electron chi connectivity index (χ4n) is 2.09. The molecule has 5 heteroatoms. The monoisotopic (exact) mass is 227 g/mol. The molecule has 0 unspecified atom stereocenters. The van der Waals surface area contributed by atoms with Crippen LogP contribution in [0.2, 0.25) is 0 Å². The minimum Gasteiger partial charge on any atom is -0.369 e. The van der Waals surface area contributed by atoms with Crippen molar-refractivity contribution < 1.29 is 0 Å². The van der Waals surface area contributed by atoms with Gasteiger partial charge < -0.3 is 9.47 Å². The minimum absolute atomic E-state index is 0.507. The van der Waals surface area contributed by atoms with E-state index < -0.39 is 0 Å². The summed E-state index contributed by atoms with van der Waals surface area (Å²) in [7, 11) is 3.71. The van der Waals surface area contributed by atoms with Crippen molar-refractivity contribution in [3.05, 3.63) is 17.0 Å². The molecule has 0 bridgehead atoms. The van der Waals surface area contributed by atoms with Crippen LogP contribution in [-0.4, -0.2) is 29.9 Å². The Bertz CT molecular complexity index is 511. The van der Waals surface area contributed by atoms with Gasteiger partial charge in [0.1, 0.15) is 29.1 Å². The van der Waals surface area contributed by atoms with Crippen molar-refractivity contribution in [3.63, 3.8) is 0 Å². The zero-order valence-corrected chi connectivity index (χ0v) is 9.93. The second-order valence-corrected chi connectivity index (χ2v) is 4.21. The van der Waals surface area contributed by atoms with Crippen LogP contribution in [0.15, 0.2) is 4.99 Å². The van der Waals surface area contributed by atoms with Crippen LogP contribution in [0.3, 0.4) is 0 Å². The van der Waals surface area contributed by atoms with E-state index in [1.165, 1.54) is 0 Å². The van der Waals surface area contributed by atoms with Crippen LogP contribution in [0.4, 0.5) is 5.69 Å². The van der Waals surface area contributed by atoms with Crippen LogP contribution < -0.4 is 0 Å². The summed E-state index contributed by atoms with van der Waals surface area (Å²) < 4.78 is 1.92. The predicted octanol–water partition coefficient (Wildman–Crippen LogP) is 1.40. The van der Waals surface area contributed by atoms with Gasteiger partial charge in [-0.3, -0.25) is 0 Å². The molecule has 86 valence electrons.